The van der Waals surface area contributed by atoms with Gasteiger partial charge in [-0.15, -0.1) is 0 Å². The molecule has 1 unspecified atom stereocenters. The summed E-state index contributed by atoms with van der Waals surface area (Å²) in [6.45, 7) is 5.62. The number of piperazine rings is 1. The number of ether oxygens (including phenoxy) is 1. The Kier molecular flexibility index (Phi) is 8.35. The maximum absolute atomic E-state index is 13.8. The van der Waals surface area contributed by atoms with Gasteiger partial charge in [-0.1, -0.05) is 35.9 Å². The Balaban J connectivity index is 1.63. The van der Waals surface area contributed by atoms with Crippen molar-refractivity contribution in [2.24, 2.45) is 0 Å². The van der Waals surface area contributed by atoms with Gasteiger partial charge >= 0.3 is 0 Å². The van der Waals surface area contributed by atoms with Gasteiger partial charge in [0.15, 0.2) is 0 Å². The molecule has 0 saturated carbocycles. The highest BCUT2D eigenvalue weighted by molar-refractivity contribution is 6.33. The zero-order valence-corrected chi connectivity index (χ0v) is 21.7. The molecule has 0 radical (unpaired) electrons. The average Bonchev–Trinajstić information content (AvgIpc) is 2.88. The van der Waals surface area contributed by atoms with Gasteiger partial charge in [0.2, 0.25) is 0 Å². The van der Waals surface area contributed by atoms with E-state index in [0.29, 0.717) is 36.0 Å². The molecule has 0 spiro atoms. The molecule has 6 nitrogen and oxygen atoms in total. The summed E-state index contributed by atoms with van der Waals surface area (Å²) >= 11 is 6.71. The van der Waals surface area contributed by atoms with Crippen LogP contribution in [-0.4, -0.2) is 54.0 Å². The molecular formula is C29H31ClFN3O3. The highest BCUT2D eigenvalue weighted by atomic mass is 35.5. The van der Waals surface area contributed by atoms with Crippen molar-refractivity contribution in [1.82, 2.24) is 4.90 Å². The van der Waals surface area contributed by atoms with Crippen molar-refractivity contribution < 1.29 is 19.3 Å². The molecule has 4 rings (SSSR count). The highest BCUT2D eigenvalue weighted by Gasteiger charge is 2.37. The lowest BCUT2D eigenvalue weighted by Gasteiger charge is -2.49. The van der Waals surface area contributed by atoms with Crippen LogP contribution in [0.15, 0.2) is 66.7 Å². The molecule has 1 saturated heterocycles. The van der Waals surface area contributed by atoms with Gasteiger partial charge in [0.1, 0.15) is 18.2 Å². The predicted octanol–water partition coefficient (Wildman–Crippen LogP) is 4.88. The van der Waals surface area contributed by atoms with E-state index in [4.69, 9.17) is 26.7 Å². The van der Waals surface area contributed by atoms with E-state index in [2.05, 4.69) is 22.8 Å². The fourth-order valence-corrected chi connectivity index (χ4v) is 5.31. The predicted molar refractivity (Wildman–Crippen MR) is 142 cm³/mol. The smallest absolute Gasteiger partial charge is 0.123 e. The third kappa shape index (κ3) is 6.23. The summed E-state index contributed by atoms with van der Waals surface area (Å²) in [6, 6.07) is 20.9. The van der Waals surface area contributed by atoms with Crippen LogP contribution in [0.1, 0.15) is 36.6 Å². The van der Waals surface area contributed by atoms with E-state index >= 15 is 0 Å². The summed E-state index contributed by atoms with van der Waals surface area (Å²) in [4.78, 5) is 4.44. The van der Waals surface area contributed by atoms with Crippen molar-refractivity contribution in [2.45, 2.75) is 31.5 Å². The van der Waals surface area contributed by atoms with Crippen molar-refractivity contribution >= 4 is 17.3 Å². The molecule has 3 atom stereocenters. The van der Waals surface area contributed by atoms with Gasteiger partial charge < -0.3 is 19.8 Å². The van der Waals surface area contributed by atoms with Crippen molar-refractivity contribution in [1.29, 1.82) is 5.26 Å². The fraction of sp³-hybridized carbons (Fsp3) is 0.345. The zero-order valence-electron chi connectivity index (χ0n) is 20.9. The summed E-state index contributed by atoms with van der Waals surface area (Å²) in [5.74, 6) is 0.272. The average molecular weight is 524 g/mol. The standard InChI is InChI=1S/C29H31ClFN3O3/c1-20-17-33(19-29(2,36)23-7-3-21(16-32)4-8-23)18-28(22-5-9-24(31)10-6-22)34(20)27-12-11-25(15-26(27)30)37-14-13-35/h3-12,15,20,28,35-36H,13-14,17-19H2,1-2H3/t20?,28-,29+/m0/s1. The lowest BCUT2D eigenvalue weighted by atomic mass is 9.92. The number of hydrogen-bond donors (Lipinski definition) is 2. The highest BCUT2D eigenvalue weighted by Crippen LogP contribution is 2.40. The number of nitrogens with zero attached hydrogens (tertiary/aromatic N) is 3. The number of aliphatic hydroxyl groups excluding tert-OH is 1. The van der Waals surface area contributed by atoms with Crippen LogP contribution in [0.2, 0.25) is 5.02 Å². The lowest BCUT2D eigenvalue weighted by molar-refractivity contribution is 0.00636. The number of halogens is 2. The van der Waals surface area contributed by atoms with Crippen LogP contribution in [0.5, 0.6) is 5.75 Å². The Labute approximate surface area is 222 Å². The van der Waals surface area contributed by atoms with E-state index in [1.807, 2.05) is 12.1 Å². The largest absolute Gasteiger partial charge is 0.491 e. The first-order valence-corrected chi connectivity index (χ1v) is 12.6. The van der Waals surface area contributed by atoms with Gasteiger partial charge in [-0.3, -0.25) is 4.90 Å². The third-order valence-electron chi connectivity index (χ3n) is 6.74. The normalized spacial score (nSPS) is 19.8. The number of β-amino-alcohol motifs (C(OH)–C–C–N with tert-alkyl or cyclic N) is 1. The molecule has 8 heteroatoms. The number of anilines is 1. The molecule has 1 aliphatic heterocycles. The van der Waals surface area contributed by atoms with Crippen LogP contribution < -0.4 is 9.64 Å². The van der Waals surface area contributed by atoms with E-state index in [1.54, 1.807) is 49.4 Å². The Bertz CT molecular complexity index is 1240. The van der Waals surface area contributed by atoms with Crippen LogP contribution in [0.4, 0.5) is 10.1 Å². The molecular weight excluding hydrogens is 493 g/mol. The van der Waals surface area contributed by atoms with E-state index in [1.165, 1.54) is 12.1 Å². The lowest BCUT2D eigenvalue weighted by Crippen LogP contribution is -2.56. The molecule has 0 amide bonds. The van der Waals surface area contributed by atoms with E-state index in [9.17, 15) is 9.50 Å². The van der Waals surface area contributed by atoms with Gasteiger partial charge in [-0.25, -0.2) is 4.39 Å². The maximum atomic E-state index is 13.8. The maximum Gasteiger partial charge on any atom is 0.123 e. The van der Waals surface area contributed by atoms with Gasteiger partial charge in [-0.2, -0.15) is 5.26 Å². The second kappa shape index (κ2) is 11.5. The first-order chi connectivity index (χ1) is 17.7. The summed E-state index contributed by atoms with van der Waals surface area (Å²) < 4.78 is 19.3. The van der Waals surface area contributed by atoms with Crippen LogP contribution in [0, 0.1) is 17.1 Å². The summed E-state index contributed by atoms with van der Waals surface area (Å²) in [5, 5.41) is 30.0. The molecule has 0 bridgehead atoms. The van der Waals surface area contributed by atoms with Gasteiger partial charge in [-0.05, 0) is 61.4 Å². The summed E-state index contributed by atoms with van der Waals surface area (Å²) in [7, 11) is 0. The third-order valence-corrected chi connectivity index (χ3v) is 7.05. The Morgan fingerprint density at radius 2 is 1.81 bits per heavy atom. The number of benzene rings is 3. The topological polar surface area (TPSA) is 80.0 Å². The minimum absolute atomic E-state index is 0.0160. The number of rotatable bonds is 8. The molecule has 3 aromatic rings. The van der Waals surface area contributed by atoms with Crippen LogP contribution >= 0.6 is 11.6 Å². The quantitative estimate of drug-likeness (QED) is 0.438. The van der Waals surface area contributed by atoms with Crippen molar-refractivity contribution in [3.05, 3.63) is 94.3 Å². The van der Waals surface area contributed by atoms with Crippen LogP contribution in [-0.2, 0) is 5.60 Å². The molecule has 3 aromatic carbocycles. The SMILES string of the molecule is CC1CN(C[C@@](C)(O)c2ccc(C#N)cc2)C[C@@H](c2ccc(F)cc2)N1c1ccc(OCCO)cc1Cl. The number of nitriles is 1. The Morgan fingerprint density at radius 1 is 1.11 bits per heavy atom. The first kappa shape index (κ1) is 26.9. The second-order valence-corrected chi connectivity index (χ2v) is 10.1. The molecule has 194 valence electrons. The summed E-state index contributed by atoms with van der Waals surface area (Å²) in [6.07, 6.45) is 0. The van der Waals surface area contributed by atoms with Gasteiger partial charge in [0, 0.05) is 31.7 Å². The van der Waals surface area contributed by atoms with Gasteiger partial charge in [0.25, 0.3) is 0 Å². The van der Waals surface area contributed by atoms with Crippen molar-refractivity contribution in [2.75, 3.05) is 37.7 Å². The Hall–Kier alpha value is -3.15. The molecule has 2 N–H and O–H groups in total. The van der Waals surface area contributed by atoms with Crippen molar-refractivity contribution in [3.8, 4) is 11.8 Å². The molecule has 37 heavy (non-hydrogen) atoms. The molecule has 0 aromatic heterocycles. The number of aliphatic hydroxyl groups is 2. The minimum atomic E-state index is -1.13. The minimum Gasteiger partial charge on any atom is -0.491 e. The van der Waals surface area contributed by atoms with Crippen molar-refractivity contribution in [3.63, 3.8) is 0 Å². The summed E-state index contributed by atoms with van der Waals surface area (Å²) in [5.41, 5.74) is 1.92. The van der Waals surface area contributed by atoms with E-state index in [0.717, 1.165) is 16.8 Å². The van der Waals surface area contributed by atoms with E-state index in [-0.39, 0.29) is 31.1 Å². The monoisotopic (exact) mass is 523 g/mol. The van der Waals surface area contributed by atoms with Crippen LogP contribution in [0.3, 0.4) is 0 Å². The zero-order chi connectivity index (χ0) is 26.6. The van der Waals surface area contributed by atoms with Crippen LogP contribution in [0.25, 0.3) is 0 Å². The second-order valence-electron chi connectivity index (χ2n) is 9.67. The fourth-order valence-electron chi connectivity index (χ4n) is 5.04. The molecule has 0 aliphatic carbocycles. The Morgan fingerprint density at radius 3 is 2.43 bits per heavy atom. The van der Waals surface area contributed by atoms with E-state index < -0.39 is 5.60 Å². The van der Waals surface area contributed by atoms with Gasteiger partial charge in [0.05, 0.1) is 40.6 Å². The molecule has 1 fully saturated rings. The number of hydrogen-bond acceptors (Lipinski definition) is 6. The molecule has 1 aliphatic rings. The first-order valence-electron chi connectivity index (χ1n) is 12.2. The molecule has 1 heterocycles.